The molecule has 0 N–H and O–H groups in total. The van der Waals surface area contributed by atoms with Gasteiger partial charge in [0.05, 0.1) is 10.6 Å². The molecule has 1 aromatic rings. The van der Waals surface area contributed by atoms with Gasteiger partial charge >= 0.3 is 0 Å². The molecule has 0 bridgehead atoms. The summed E-state index contributed by atoms with van der Waals surface area (Å²) >= 11 is 0. The molecule has 1 atom stereocenters. The van der Waals surface area contributed by atoms with Crippen LogP contribution in [0.5, 0.6) is 0 Å². The van der Waals surface area contributed by atoms with E-state index in [4.69, 9.17) is 0 Å². The van der Waals surface area contributed by atoms with Crippen LogP contribution >= 0.6 is 0 Å². The van der Waals surface area contributed by atoms with Crippen molar-refractivity contribution in [1.29, 1.82) is 0 Å². The number of nitrogens with zero attached hydrogens (tertiary/aromatic N) is 1. The fourth-order valence-corrected chi connectivity index (χ4v) is 4.68. The van der Waals surface area contributed by atoms with Gasteiger partial charge in [-0.3, -0.25) is 4.79 Å². The van der Waals surface area contributed by atoms with Gasteiger partial charge < -0.3 is 4.90 Å². The molecule has 1 aliphatic rings. The van der Waals surface area contributed by atoms with E-state index >= 15 is 0 Å². The average Bonchev–Trinajstić information content (AvgIpc) is 2.46. The topological polar surface area (TPSA) is 54.5 Å². The molecule has 0 radical (unpaired) electrons. The molecule has 0 spiro atoms. The third-order valence-corrected chi connectivity index (χ3v) is 6.01. The second kappa shape index (κ2) is 7.04. The van der Waals surface area contributed by atoms with E-state index < -0.39 is 9.84 Å². The normalized spacial score (nSPS) is 19.6. The Labute approximate surface area is 139 Å². The average molecular weight is 337 g/mol. The van der Waals surface area contributed by atoms with Crippen molar-refractivity contribution in [2.45, 2.75) is 44.9 Å². The SMILES string of the molecule is CC(C)(C)CC(=O)N1CCCC(CS(=O)(=O)c2ccccc2)C1. The lowest BCUT2D eigenvalue weighted by atomic mass is 9.90. The number of carbonyl (C=O) groups excluding carboxylic acids is 1. The molecule has 1 unspecified atom stereocenters. The number of carbonyl (C=O) groups is 1. The predicted molar refractivity (Wildman–Crippen MR) is 91.9 cm³/mol. The summed E-state index contributed by atoms with van der Waals surface area (Å²) in [6, 6.07) is 8.58. The first kappa shape index (κ1) is 18.0. The van der Waals surface area contributed by atoms with E-state index in [9.17, 15) is 13.2 Å². The van der Waals surface area contributed by atoms with Crippen molar-refractivity contribution in [3.63, 3.8) is 0 Å². The van der Waals surface area contributed by atoms with Crippen LogP contribution in [-0.4, -0.2) is 38.1 Å². The molecular weight excluding hydrogens is 310 g/mol. The van der Waals surface area contributed by atoms with Crippen LogP contribution < -0.4 is 0 Å². The highest BCUT2D eigenvalue weighted by molar-refractivity contribution is 7.91. The van der Waals surface area contributed by atoms with E-state index in [0.717, 1.165) is 19.4 Å². The third kappa shape index (κ3) is 5.34. The number of hydrogen-bond donors (Lipinski definition) is 0. The van der Waals surface area contributed by atoms with Gasteiger partial charge in [-0.2, -0.15) is 0 Å². The molecule has 1 aliphatic heterocycles. The molecular formula is C18H27NO3S. The maximum absolute atomic E-state index is 12.5. The minimum absolute atomic E-state index is 0.0258. The van der Waals surface area contributed by atoms with E-state index in [-0.39, 0.29) is 23.0 Å². The molecule has 1 amide bonds. The summed E-state index contributed by atoms with van der Waals surface area (Å²) in [5.41, 5.74) is -0.0415. The van der Waals surface area contributed by atoms with Crippen LogP contribution in [0.2, 0.25) is 0 Å². The molecule has 4 nitrogen and oxygen atoms in total. The second-order valence-electron chi connectivity index (χ2n) is 7.68. The lowest BCUT2D eigenvalue weighted by Gasteiger charge is -2.34. The molecule has 0 saturated carbocycles. The van der Waals surface area contributed by atoms with Crippen LogP contribution in [0.25, 0.3) is 0 Å². The molecule has 0 aromatic heterocycles. The Morgan fingerprint density at radius 1 is 1.22 bits per heavy atom. The fourth-order valence-electron chi connectivity index (χ4n) is 3.03. The zero-order chi connectivity index (χ0) is 17.1. The monoisotopic (exact) mass is 337 g/mol. The Hall–Kier alpha value is -1.36. The van der Waals surface area contributed by atoms with E-state index in [1.54, 1.807) is 24.3 Å². The summed E-state index contributed by atoms with van der Waals surface area (Å²) in [6.07, 6.45) is 2.25. The second-order valence-corrected chi connectivity index (χ2v) is 9.71. The molecule has 1 saturated heterocycles. The number of amides is 1. The molecule has 0 aliphatic carbocycles. The Morgan fingerprint density at radius 3 is 2.48 bits per heavy atom. The molecule has 1 aromatic carbocycles. The van der Waals surface area contributed by atoms with Gasteiger partial charge in [0, 0.05) is 19.5 Å². The lowest BCUT2D eigenvalue weighted by Crippen LogP contribution is -2.42. The van der Waals surface area contributed by atoms with Gasteiger partial charge in [-0.1, -0.05) is 39.0 Å². The van der Waals surface area contributed by atoms with E-state index in [1.165, 1.54) is 0 Å². The van der Waals surface area contributed by atoms with Crippen molar-refractivity contribution in [3.05, 3.63) is 30.3 Å². The summed E-state index contributed by atoms with van der Waals surface area (Å²) in [4.78, 5) is 14.6. The summed E-state index contributed by atoms with van der Waals surface area (Å²) in [7, 11) is -3.28. The summed E-state index contributed by atoms with van der Waals surface area (Å²) in [6.45, 7) is 7.45. The summed E-state index contributed by atoms with van der Waals surface area (Å²) in [5.74, 6) is 0.285. The fraction of sp³-hybridized carbons (Fsp3) is 0.611. The minimum atomic E-state index is -3.28. The molecule has 2 rings (SSSR count). The Bertz CT molecular complexity index is 632. The van der Waals surface area contributed by atoms with E-state index in [1.807, 2.05) is 31.7 Å². The Balaban J connectivity index is 2.00. The number of benzene rings is 1. The van der Waals surface area contributed by atoms with Gasteiger partial charge in [-0.25, -0.2) is 8.42 Å². The van der Waals surface area contributed by atoms with Crippen LogP contribution in [0, 0.1) is 11.3 Å². The predicted octanol–water partition coefficient (Wildman–Crippen LogP) is 3.14. The van der Waals surface area contributed by atoms with Crippen molar-refractivity contribution in [2.75, 3.05) is 18.8 Å². The zero-order valence-electron chi connectivity index (χ0n) is 14.3. The molecule has 1 heterocycles. The highest BCUT2D eigenvalue weighted by Gasteiger charge is 2.29. The number of sulfone groups is 1. The third-order valence-electron chi connectivity index (χ3n) is 4.11. The highest BCUT2D eigenvalue weighted by Crippen LogP contribution is 2.25. The van der Waals surface area contributed by atoms with E-state index in [2.05, 4.69) is 0 Å². The van der Waals surface area contributed by atoms with Crippen molar-refractivity contribution in [1.82, 2.24) is 4.90 Å². The zero-order valence-corrected chi connectivity index (χ0v) is 15.1. The van der Waals surface area contributed by atoms with Gasteiger partial charge in [0.25, 0.3) is 0 Å². The van der Waals surface area contributed by atoms with Crippen molar-refractivity contribution in [3.8, 4) is 0 Å². The standard InChI is InChI=1S/C18H27NO3S/c1-18(2,3)12-17(20)19-11-7-8-15(13-19)14-23(21,22)16-9-5-4-6-10-16/h4-6,9-10,15H,7-8,11-14H2,1-3H3. The maximum atomic E-state index is 12.5. The van der Waals surface area contributed by atoms with Crippen molar-refractivity contribution in [2.24, 2.45) is 11.3 Å². The van der Waals surface area contributed by atoms with Gasteiger partial charge in [0.15, 0.2) is 9.84 Å². The lowest BCUT2D eigenvalue weighted by molar-refractivity contribution is -0.134. The van der Waals surface area contributed by atoms with Crippen LogP contribution in [0.4, 0.5) is 0 Å². The molecule has 1 fully saturated rings. The van der Waals surface area contributed by atoms with Gasteiger partial charge in [-0.05, 0) is 36.3 Å². The first-order chi connectivity index (χ1) is 10.7. The number of hydrogen-bond acceptors (Lipinski definition) is 3. The summed E-state index contributed by atoms with van der Waals surface area (Å²) < 4.78 is 25.0. The van der Waals surface area contributed by atoms with Crippen LogP contribution in [0.1, 0.15) is 40.0 Å². The van der Waals surface area contributed by atoms with Crippen LogP contribution in [-0.2, 0) is 14.6 Å². The van der Waals surface area contributed by atoms with Crippen molar-refractivity contribution < 1.29 is 13.2 Å². The minimum Gasteiger partial charge on any atom is -0.342 e. The highest BCUT2D eigenvalue weighted by atomic mass is 32.2. The first-order valence-corrected chi connectivity index (χ1v) is 9.88. The molecule has 5 heteroatoms. The summed E-state index contributed by atoms with van der Waals surface area (Å²) in [5, 5.41) is 0. The smallest absolute Gasteiger partial charge is 0.223 e. The first-order valence-electron chi connectivity index (χ1n) is 8.23. The van der Waals surface area contributed by atoms with Gasteiger partial charge in [0.2, 0.25) is 5.91 Å². The Morgan fingerprint density at radius 2 is 1.87 bits per heavy atom. The molecule has 23 heavy (non-hydrogen) atoms. The van der Waals surface area contributed by atoms with E-state index in [0.29, 0.717) is 17.9 Å². The number of likely N-dealkylation sites (tertiary alicyclic amines) is 1. The maximum Gasteiger partial charge on any atom is 0.223 e. The number of rotatable bonds is 4. The van der Waals surface area contributed by atoms with Crippen LogP contribution in [0.3, 0.4) is 0 Å². The molecule has 128 valence electrons. The van der Waals surface area contributed by atoms with Crippen LogP contribution in [0.15, 0.2) is 35.2 Å². The Kier molecular flexibility index (Phi) is 5.50. The van der Waals surface area contributed by atoms with Gasteiger partial charge in [0.1, 0.15) is 0 Å². The quantitative estimate of drug-likeness (QED) is 0.848. The largest absolute Gasteiger partial charge is 0.342 e. The number of piperidine rings is 1. The van der Waals surface area contributed by atoms with Gasteiger partial charge in [-0.15, -0.1) is 0 Å². The van der Waals surface area contributed by atoms with Crippen molar-refractivity contribution >= 4 is 15.7 Å².